The van der Waals surface area contributed by atoms with Gasteiger partial charge >= 0.3 is 0 Å². The van der Waals surface area contributed by atoms with Crippen LogP contribution in [-0.4, -0.2) is 24.0 Å². The van der Waals surface area contributed by atoms with Crippen molar-refractivity contribution in [1.82, 2.24) is 5.32 Å². The Labute approximate surface area is 101 Å². The maximum atomic E-state index is 12.9. The molecule has 1 heterocycles. The van der Waals surface area contributed by atoms with Gasteiger partial charge in [0, 0.05) is 18.3 Å². The quantitative estimate of drug-likeness (QED) is 0.808. The van der Waals surface area contributed by atoms with E-state index in [0.29, 0.717) is 6.54 Å². The smallest absolute Gasteiger partial charge is 0.246 e. The van der Waals surface area contributed by atoms with E-state index in [9.17, 15) is 9.18 Å². The van der Waals surface area contributed by atoms with Crippen LogP contribution in [0.4, 0.5) is 10.1 Å². The summed E-state index contributed by atoms with van der Waals surface area (Å²) in [5, 5.41) is 3.25. The minimum Gasteiger partial charge on any atom is -0.309 e. The summed E-state index contributed by atoms with van der Waals surface area (Å²) in [5.41, 5.74) is 0.171. The minimum absolute atomic E-state index is 0.0159. The van der Waals surface area contributed by atoms with Gasteiger partial charge in [0.1, 0.15) is 5.82 Å². The Hall–Kier alpha value is -1.42. The Balaban J connectivity index is 2.31. The van der Waals surface area contributed by atoms with E-state index in [1.165, 1.54) is 12.1 Å². The maximum Gasteiger partial charge on any atom is 0.246 e. The van der Waals surface area contributed by atoms with Crippen LogP contribution in [0.1, 0.15) is 20.8 Å². The van der Waals surface area contributed by atoms with Crippen LogP contribution >= 0.6 is 0 Å². The molecule has 0 spiro atoms. The summed E-state index contributed by atoms with van der Waals surface area (Å²) in [7, 11) is 0. The van der Waals surface area contributed by atoms with Gasteiger partial charge in [-0.1, -0.05) is 0 Å². The molecule has 0 aromatic heterocycles. The monoisotopic (exact) mass is 236 g/mol. The lowest BCUT2D eigenvalue weighted by Gasteiger charge is -2.41. The van der Waals surface area contributed by atoms with Gasteiger partial charge in [0.15, 0.2) is 0 Å². The number of hydrogen-bond acceptors (Lipinski definition) is 2. The normalized spacial score (nSPS) is 23.9. The average Bonchev–Trinajstić information content (AvgIpc) is 2.24. The van der Waals surface area contributed by atoms with Crippen molar-refractivity contribution in [2.24, 2.45) is 0 Å². The number of nitrogens with zero attached hydrogens (tertiary/aromatic N) is 1. The van der Waals surface area contributed by atoms with Crippen molar-refractivity contribution in [2.45, 2.75) is 32.4 Å². The van der Waals surface area contributed by atoms with E-state index in [1.54, 1.807) is 17.0 Å². The standard InChI is InChI=1S/C13H17FN2O/c1-9-8-16(12(17)13(2,3)15-9)11-6-4-10(14)5-7-11/h4-7,9,15H,8H2,1-3H3. The zero-order chi connectivity index (χ0) is 12.6. The molecule has 1 amide bonds. The van der Waals surface area contributed by atoms with Crippen molar-refractivity contribution in [3.8, 4) is 0 Å². The first-order chi connectivity index (χ1) is 7.90. The van der Waals surface area contributed by atoms with Crippen molar-refractivity contribution < 1.29 is 9.18 Å². The molecule has 1 N–H and O–H groups in total. The SMILES string of the molecule is CC1CN(c2ccc(F)cc2)C(=O)C(C)(C)N1. The first kappa shape index (κ1) is 12.0. The summed E-state index contributed by atoms with van der Waals surface area (Å²) in [6, 6.07) is 6.25. The topological polar surface area (TPSA) is 32.3 Å². The second kappa shape index (κ2) is 4.11. The van der Waals surface area contributed by atoms with Crippen molar-refractivity contribution in [3.63, 3.8) is 0 Å². The molecule has 0 saturated carbocycles. The number of halogens is 1. The predicted molar refractivity (Wildman–Crippen MR) is 65.4 cm³/mol. The molecule has 1 fully saturated rings. The van der Waals surface area contributed by atoms with Crippen molar-refractivity contribution in [1.29, 1.82) is 0 Å². The Bertz CT molecular complexity index is 428. The molecule has 0 radical (unpaired) electrons. The lowest BCUT2D eigenvalue weighted by atomic mass is 9.97. The molecule has 1 aliphatic heterocycles. The number of hydrogen-bond donors (Lipinski definition) is 1. The van der Waals surface area contributed by atoms with Gasteiger partial charge < -0.3 is 4.90 Å². The van der Waals surface area contributed by atoms with E-state index in [0.717, 1.165) is 5.69 Å². The van der Waals surface area contributed by atoms with Crippen molar-refractivity contribution in [2.75, 3.05) is 11.4 Å². The molecule has 1 aromatic carbocycles. The van der Waals surface area contributed by atoms with Crippen LogP contribution in [0, 0.1) is 5.82 Å². The molecule has 0 bridgehead atoms. The second-order valence-corrected chi connectivity index (χ2v) is 5.06. The average molecular weight is 236 g/mol. The zero-order valence-corrected chi connectivity index (χ0v) is 10.3. The highest BCUT2D eigenvalue weighted by Crippen LogP contribution is 2.23. The minimum atomic E-state index is -0.577. The van der Waals surface area contributed by atoms with Crippen LogP contribution in [-0.2, 0) is 4.79 Å². The molecule has 1 aromatic rings. The third-order valence-corrected chi connectivity index (χ3v) is 2.98. The highest BCUT2D eigenvalue weighted by molar-refractivity contribution is 6.00. The number of piperazine rings is 1. The van der Waals surface area contributed by atoms with Crippen LogP contribution in [0.2, 0.25) is 0 Å². The molecular weight excluding hydrogens is 219 g/mol. The third-order valence-electron chi connectivity index (χ3n) is 2.98. The first-order valence-corrected chi connectivity index (χ1v) is 5.75. The van der Waals surface area contributed by atoms with Gasteiger partial charge in [-0.2, -0.15) is 0 Å². The number of benzene rings is 1. The summed E-state index contributed by atoms with van der Waals surface area (Å²) in [6.45, 7) is 6.36. The Morgan fingerprint density at radius 2 is 1.94 bits per heavy atom. The van der Waals surface area contributed by atoms with Gasteiger partial charge in [-0.25, -0.2) is 4.39 Å². The van der Waals surface area contributed by atoms with E-state index in [4.69, 9.17) is 0 Å². The Morgan fingerprint density at radius 3 is 2.53 bits per heavy atom. The van der Waals surface area contributed by atoms with Gasteiger partial charge in [-0.15, -0.1) is 0 Å². The Morgan fingerprint density at radius 1 is 1.35 bits per heavy atom. The molecule has 2 rings (SSSR count). The van der Waals surface area contributed by atoms with E-state index in [2.05, 4.69) is 5.32 Å². The summed E-state index contributed by atoms with van der Waals surface area (Å²) in [6.07, 6.45) is 0. The van der Waals surface area contributed by atoms with Crippen LogP contribution in [0.3, 0.4) is 0 Å². The molecule has 1 saturated heterocycles. The predicted octanol–water partition coefficient (Wildman–Crippen LogP) is 1.93. The third kappa shape index (κ3) is 2.31. The molecule has 92 valence electrons. The molecule has 1 atom stereocenters. The summed E-state index contributed by atoms with van der Waals surface area (Å²) in [4.78, 5) is 14.0. The number of carbonyl (C=O) groups is 1. The number of nitrogens with one attached hydrogen (secondary N) is 1. The number of anilines is 1. The van der Waals surface area contributed by atoms with Gasteiger partial charge in [-0.05, 0) is 45.0 Å². The van der Waals surface area contributed by atoms with Gasteiger partial charge in [0.2, 0.25) is 5.91 Å². The van der Waals surface area contributed by atoms with E-state index >= 15 is 0 Å². The van der Waals surface area contributed by atoms with Crippen LogP contribution in [0.5, 0.6) is 0 Å². The lowest BCUT2D eigenvalue weighted by Crippen LogP contribution is -2.65. The van der Waals surface area contributed by atoms with Crippen molar-refractivity contribution >= 4 is 11.6 Å². The number of carbonyl (C=O) groups excluding carboxylic acids is 1. The molecule has 17 heavy (non-hydrogen) atoms. The highest BCUT2D eigenvalue weighted by Gasteiger charge is 2.38. The first-order valence-electron chi connectivity index (χ1n) is 5.75. The second-order valence-electron chi connectivity index (χ2n) is 5.06. The van der Waals surface area contributed by atoms with Crippen molar-refractivity contribution in [3.05, 3.63) is 30.1 Å². The van der Waals surface area contributed by atoms with Crippen LogP contribution in [0.15, 0.2) is 24.3 Å². The fourth-order valence-corrected chi connectivity index (χ4v) is 2.26. The molecule has 3 nitrogen and oxygen atoms in total. The molecule has 1 aliphatic rings. The maximum absolute atomic E-state index is 12.9. The van der Waals surface area contributed by atoms with Crippen LogP contribution in [0.25, 0.3) is 0 Å². The fourth-order valence-electron chi connectivity index (χ4n) is 2.26. The molecule has 4 heteroatoms. The molecular formula is C13H17FN2O. The fraction of sp³-hybridized carbons (Fsp3) is 0.462. The molecule has 1 unspecified atom stereocenters. The molecule has 0 aliphatic carbocycles. The van der Waals surface area contributed by atoms with Gasteiger partial charge in [-0.3, -0.25) is 10.1 Å². The highest BCUT2D eigenvalue weighted by atomic mass is 19.1. The largest absolute Gasteiger partial charge is 0.309 e. The van der Waals surface area contributed by atoms with E-state index in [-0.39, 0.29) is 17.8 Å². The van der Waals surface area contributed by atoms with Gasteiger partial charge in [0.05, 0.1) is 5.54 Å². The van der Waals surface area contributed by atoms with Crippen LogP contribution < -0.4 is 10.2 Å². The number of rotatable bonds is 1. The van der Waals surface area contributed by atoms with E-state index < -0.39 is 5.54 Å². The summed E-state index contributed by atoms with van der Waals surface area (Å²) >= 11 is 0. The lowest BCUT2D eigenvalue weighted by molar-refractivity contribution is -0.125. The van der Waals surface area contributed by atoms with Gasteiger partial charge in [0.25, 0.3) is 0 Å². The van der Waals surface area contributed by atoms with E-state index in [1.807, 2.05) is 20.8 Å². The Kier molecular flexibility index (Phi) is 2.91. The summed E-state index contributed by atoms with van der Waals surface area (Å²) in [5.74, 6) is -0.272. The zero-order valence-electron chi connectivity index (χ0n) is 10.3. The summed E-state index contributed by atoms with van der Waals surface area (Å²) < 4.78 is 12.9. The number of amides is 1.